The lowest BCUT2D eigenvalue weighted by molar-refractivity contribution is -0.119. The largest absolute Gasteiger partial charge is 0.374 e. The number of thiocarbonyl (C=S) groups is 1. The lowest BCUT2D eigenvalue weighted by atomic mass is 10.1. The molecular formula is C17H14ClN5OS. The van der Waals surface area contributed by atoms with Crippen LogP contribution in [0.5, 0.6) is 0 Å². The van der Waals surface area contributed by atoms with Crippen LogP contribution in [0, 0.1) is 6.92 Å². The molecule has 0 aliphatic carbocycles. The first kappa shape index (κ1) is 17.1. The van der Waals surface area contributed by atoms with E-state index in [9.17, 15) is 4.79 Å². The zero-order valence-corrected chi connectivity index (χ0v) is 14.8. The Morgan fingerprint density at radius 1 is 1.24 bits per heavy atom. The third kappa shape index (κ3) is 3.38. The first-order valence-electron chi connectivity index (χ1n) is 7.36. The highest BCUT2D eigenvalue weighted by Crippen LogP contribution is 2.25. The highest BCUT2D eigenvalue weighted by molar-refractivity contribution is 7.80. The molecule has 1 heterocycles. The molecule has 2 aromatic carbocycles. The number of nitrogens with zero attached hydrogens (tertiary/aromatic N) is 3. The molecule has 3 rings (SSSR count). The van der Waals surface area contributed by atoms with Crippen LogP contribution in [0.1, 0.15) is 11.1 Å². The van der Waals surface area contributed by atoms with Gasteiger partial charge < -0.3 is 5.73 Å². The molecule has 0 atom stereocenters. The molecule has 1 aliphatic heterocycles. The summed E-state index contributed by atoms with van der Waals surface area (Å²) in [6, 6.07) is 14.7. The van der Waals surface area contributed by atoms with Crippen molar-refractivity contribution in [2.24, 2.45) is 15.9 Å². The molecule has 8 heteroatoms. The van der Waals surface area contributed by atoms with E-state index in [1.54, 1.807) is 6.07 Å². The van der Waals surface area contributed by atoms with Crippen LogP contribution < -0.4 is 11.2 Å². The quantitative estimate of drug-likeness (QED) is 0.642. The van der Waals surface area contributed by atoms with Gasteiger partial charge >= 0.3 is 5.91 Å². The predicted octanol–water partition coefficient (Wildman–Crippen LogP) is 2.91. The van der Waals surface area contributed by atoms with Crippen molar-refractivity contribution in [3.05, 3.63) is 64.7 Å². The molecule has 6 nitrogen and oxygen atoms in total. The molecule has 0 unspecified atom stereocenters. The minimum atomic E-state index is -0.498. The van der Waals surface area contributed by atoms with Crippen LogP contribution in [0.15, 0.2) is 58.7 Å². The zero-order valence-electron chi connectivity index (χ0n) is 13.2. The van der Waals surface area contributed by atoms with Crippen LogP contribution in [-0.4, -0.2) is 27.5 Å². The van der Waals surface area contributed by atoms with E-state index in [0.717, 1.165) is 16.1 Å². The smallest absolute Gasteiger partial charge is 0.303 e. The molecule has 25 heavy (non-hydrogen) atoms. The Bertz CT molecular complexity index is 911. The Hall–Kier alpha value is -2.77. The lowest BCUT2D eigenvalue weighted by Gasteiger charge is -2.08. The molecule has 1 aliphatic rings. The number of carbonyl (C=O) groups excluding carboxylic acids is 1. The van der Waals surface area contributed by atoms with Crippen LogP contribution in [0.4, 0.5) is 5.69 Å². The molecule has 0 saturated heterocycles. The minimum Gasteiger partial charge on any atom is -0.374 e. The van der Waals surface area contributed by atoms with Gasteiger partial charge in [0.15, 0.2) is 10.8 Å². The summed E-state index contributed by atoms with van der Waals surface area (Å²) in [4.78, 5) is 12.5. The molecule has 126 valence electrons. The van der Waals surface area contributed by atoms with Crippen molar-refractivity contribution in [1.29, 1.82) is 0 Å². The van der Waals surface area contributed by atoms with E-state index in [4.69, 9.17) is 29.6 Å². The zero-order chi connectivity index (χ0) is 18.0. The van der Waals surface area contributed by atoms with Gasteiger partial charge in [-0.3, -0.25) is 10.2 Å². The number of carbonyl (C=O) groups is 1. The van der Waals surface area contributed by atoms with Gasteiger partial charge in [-0.05, 0) is 30.8 Å². The van der Waals surface area contributed by atoms with E-state index in [2.05, 4.69) is 15.6 Å². The van der Waals surface area contributed by atoms with E-state index in [-0.39, 0.29) is 10.8 Å². The second-order valence-corrected chi connectivity index (χ2v) is 6.07. The molecule has 0 bridgehead atoms. The predicted molar refractivity (Wildman–Crippen MR) is 104 cm³/mol. The number of anilines is 1. The van der Waals surface area contributed by atoms with Crippen molar-refractivity contribution in [2.45, 2.75) is 6.92 Å². The van der Waals surface area contributed by atoms with Gasteiger partial charge in [0.05, 0.1) is 10.7 Å². The summed E-state index contributed by atoms with van der Waals surface area (Å²) in [5.74, 6) is -0.498. The fourth-order valence-corrected chi connectivity index (χ4v) is 2.58. The van der Waals surface area contributed by atoms with E-state index in [1.165, 1.54) is 0 Å². The SMILES string of the molecule is Cc1cccc(N/N=C2/C(=O)N(C(N)=S)N=C2c2ccccc2)c1Cl. The van der Waals surface area contributed by atoms with Crippen molar-refractivity contribution in [3.63, 3.8) is 0 Å². The van der Waals surface area contributed by atoms with Crippen LogP contribution in [0.3, 0.4) is 0 Å². The Morgan fingerprint density at radius 3 is 2.64 bits per heavy atom. The number of aryl methyl sites for hydroxylation is 1. The molecule has 1 amide bonds. The fraction of sp³-hybridized carbons (Fsp3) is 0.0588. The molecule has 2 aromatic rings. The van der Waals surface area contributed by atoms with Gasteiger partial charge in [-0.1, -0.05) is 54.1 Å². The molecule has 3 N–H and O–H groups in total. The summed E-state index contributed by atoms with van der Waals surface area (Å²) >= 11 is 11.1. The summed E-state index contributed by atoms with van der Waals surface area (Å²) < 4.78 is 0. The van der Waals surface area contributed by atoms with E-state index in [0.29, 0.717) is 16.4 Å². The lowest BCUT2D eigenvalue weighted by Crippen LogP contribution is -2.36. The third-order valence-corrected chi connectivity index (χ3v) is 4.23. The van der Waals surface area contributed by atoms with Gasteiger partial charge in [0.1, 0.15) is 5.71 Å². The van der Waals surface area contributed by atoms with Gasteiger partial charge in [-0.15, -0.1) is 0 Å². The van der Waals surface area contributed by atoms with Gasteiger partial charge in [0.2, 0.25) is 0 Å². The number of nitrogens with two attached hydrogens (primary N) is 1. The van der Waals surface area contributed by atoms with E-state index < -0.39 is 5.91 Å². The number of nitrogens with one attached hydrogen (secondary N) is 1. The third-order valence-electron chi connectivity index (χ3n) is 3.56. The molecule has 0 fully saturated rings. The average molecular weight is 372 g/mol. The van der Waals surface area contributed by atoms with Gasteiger partial charge in [-0.25, -0.2) is 0 Å². The normalized spacial score (nSPS) is 15.4. The summed E-state index contributed by atoms with van der Waals surface area (Å²) in [6.45, 7) is 1.88. The first-order chi connectivity index (χ1) is 12.0. The summed E-state index contributed by atoms with van der Waals surface area (Å²) in [5.41, 5.74) is 11.1. The highest BCUT2D eigenvalue weighted by atomic mass is 35.5. The molecule has 0 spiro atoms. The van der Waals surface area contributed by atoms with Gasteiger partial charge in [0, 0.05) is 5.56 Å². The summed E-state index contributed by atoms with van der Waals surface area (Å²) in [6.07, 6.45) is 0. The summed E-state index contributed by atoms with van der Waals surface area (Å²) in [5, 5.41) is 9.76. The van der Waals surface area contributed by atoms with Crippen LogP contribution in [0.25, 0.3) is 0 Å². The number of hydrogen-bond donors (Lipinski definition) is 2. The second kappa shape index (κ2) is 7.00. The molecule has 0 radical (unpaired) electrons. The minimum absolute atomic E-state index is 0.108. The summed E-state index contributed by atoms with van der Waals surface area (Å²) in [7, 11) is 0. The average Bonchev–Trinajstić information content (AvgIpc) is 2.94. The highest BCUT2D eigenvalue weighted by Gasteiger charge is 2.34. The van der Waals surface area contributed by atoms with Gasteiger partial charge in [-0.2, -0.15) is 15.2 Å². The van der Waals surface area contributed by atoms with Crippen molar-refractivity contribution >= 4 is 51.9 Å². The van der Waals surface area contributed by atoms with E-state index >= 15 is 0 Å². The number of rotatable bonds is 3. The number of amides is 1. The standard InChI is InChI=1S/C17H14ClN5OS/c1-10-6-5-9-12(13(10)18)20-21-15-14(11-7-3-2-4-8-11)22-23(16(15)24)17(19)25/h2-9,20H,1H3,(H2,19,25)/b21-15+. The number of hydrogen-bond acceptors (Lipinski definition) is 5. The second-order valence-electron chi connectivity index (χ2n) is 5.28. The van der Waals surface area contributed by atoms with Crippen molar-refractivity contribution in [1.82, 2.24) is 5.01 Å². The van der Waals surface area contributed by atoms with Crippen molar-refractivity contribution in [2.75, 3.05) is 5.43 Å². The Balaban J connectivity index is 2.00. The maximum Gasteiger partial charge on any atom is 0.303 e. The first-order valence-corrected chi connectivity index (χ1v) is 8.14. The molecule has 0 aromatic heterocycles. The Labute approximate surface area is 155 Å². The van der Waals surface area contributed by atoms with E-state index in [1.807, 2.05) is 49.4 Å². The van der Waals surface area contributed by atoms with Crippen LogP contribution >= 0.6 is 23.8 Å². The Kier molecular flexibility index (Phi) is 4.78. The Morgan fingerprint density at radius 2 is 1.96 bits per heavy atom. The number of hydrazone groups is 2. The number of halogens is 1. The molecule has 0 saturated carbocycles. The van der Waals surface area contributed by atoms with Crippen molar-refractivity contribution < 1.29 is 4.79 Å². The molecular weight excluding hydrogens is 358 g/mol. The number of benzene rings is 2. The maximum absolute atomic E-state index is 12.5. The fourth-order valence-electron chi connectivity index (χ4n) is 2.28. The van der Waals surface area contributed by atoms with Crippen molar-refractivity contribution in [3.8, 4) is 0 Å². The van der Waals surface area contributed by atoms with Crippen LogP contribution in [-0.2, 0) is 4.79 Å². The van der Waals surface area contributed by atoms with Gasteiger partial charge in [0.25, 0.3) is 0 Å². The topological polar surface area (TPSA) is 83.1 Å². The maximum atomic E-state index is 12.5. The monoisotopic (exact) mass is 371 g/mol. The van der Waals surface area contributed by atoms with Crippen LogP contribution in [0.2, 0.25) is 5.02 Å².